The molecule has 186 valence electrons. The molecule has 1 saturated heterocycles. The lowest BCUT2D eigenvalue weighted by molar-refractivity contribution is -0.139. The van der Waals surface area contributed by atoms with Crippen molar-refractivity contribution in [3.05, 3.63) is 77.9 Å². The Morgan fingerprint density at radius 2 is 1.86 bits per heavy atom. The van der Waals surface area contributed by atoms with Crippen molar-refractivity contribution >= 4 is 17.4 Å². The van der Waals surface area contributed by atoms with Crippen LogP contribution in [0.1, 0.15) is 36.9 Å². The topological polar surface area (TPSA) is 79.3 Å². The Morgan fingerprint density at radius 1 is 1.11 bits per heavy atom. The first-order valence-electron chi connectivity index (χ1n) is 11.9. The summed E-state index contributed by atoms with van der Waals surface area (Å²) in [6.07, 6.45) is 3.20. The van der Waals surface area contributed by atoms with Crippen molar-refractivity contribution in [3.63, 3.8) is 0 Å². The summed E-state index contributed by atoms with van der Waals surface area (Å²) >= 11 is 0. The maximum Gasteiger partial charge on any atom is 0.295 e. The van der Waals surface area contributed by atoms with Crippen LogP contribution >= 0.6 is 0 Å². The van der Waals surface area contributed by atoms with Gasteiger partial charge in [-0.15, -0.1) is 0 Å². The molecule has 1 aliphatic heterocycles. The SMILES string of the molecule is C=CCOc1ccc(C2C(=C(O)c3cccc(OCCC)c3)C(=O)C(=O)N2CCCN(C)C)cc1. The molecule has 1 aliphatic rings. The third-order valence-corrected chi connectivity index (χ3v) is 5.69. The molecule has 2 aromatic carbocycles. The minimum absolute atomic E-state index is 0.0762. The Hall–Kier alpha value is -3.58. The van der Waals surface area contributed by atoms with Crippen molar-refractivity contribution < 1.29 is 24.2 Å². The van der Waals surface area contributed by atoms with Crippen molar-refractivity contribution in [2.45, 2.75) is 25.8 Å². The molecule has 7 nitrogen and oxygen atoms in total. The van der Waals surface area contributed by atoms with Gasteiger partial charge in [0.2, 0.25) is 0 Å². The number of hydrogen-bond donors (Lipinski definition) is 1. The van der Waals surface area contributed by atoms with Crippen molar-refractivity contribution in [2.75, 3.05) is 40.4 Å². The van der Waals surface area contributed by atoms with Crippen molar-refractivity contribution in [3.8, 4) is 11.5 Å². The molecule has 3 rings (SSSR count). The molecule has 1 atom stereocenters. The van der Waals surface area contributed by atoms with E-state index >= 15 is 0 Å². The fraction of sp³-hybridized carbons (Fsp3) is 0.357. The maximum absolute atomic E-state index is 13.2. The van der Waals surface area contributed by atoms with Gasteiger partial charge in [-0.2, -0.15) is 0 Å². The van der Waals surface area contributed by atoms with Crippen LogP contribution < -0.4 is 9.47 Å². The summed E-state index contributed by atoms with van der Waals surface area (Å²) in [7, 11) is 3.92. The highest BCUT2D eigenvalue weighted by Gasteiger charge is 2.45. The summed E-state index contributed by atoms with van der Waals surface area (Å²) in [4.78, 5) is 29.9. The first-order chi connectivity index (χ1) is 16.9. The Balaban J connectivity index is 2.03. The molecule has 7 heteroatoms. The van der Waals surface area contributed by atoms with Crippen LogP contribution in [0.15, 0.2) is 66.8 Å². The quantitative estimate of drug-likeness (QED) is 0.211. The molecule has 1 fully saturated rings. The molecule has 1 heterocycles. The van der Waals surface area contributed by atoms with E-state index in [0.29, 0.717) is 43.2 Å². The van der Waals surface area contributed by atoms with Gasteiger partial charge in [0.25, 0.3) is 11.7 Å². The highest BCUT2D eigenvalue weighted by molar-refractivity contribution is 6.46. The molecule has 0 spiro atoms. The molecular formula is C28H34N2O5. The number of likely N-dealkylation sites (tertiary alicyclic amines) is 1. The van der Waals surface area contributed by atoms with Crippen molar-refractivity contribution in [1.82, 2.24) is 9.80 Å². The highest BCUT2D eigenvalue weighted by atomic mass is 16.5. The van der Waals surface area contributed by atoms with E-state index in [1.807, 2.05) is 38.1 Å². The number of carbonyl (C=O) groups is 2. The van der Waals surface area contributed by atoms with Crippen LogP contribution in [0.3, 0.4) is 0 Å². The first-order valence-corrected chi connectivity index (χ1v) is 11.9. The summed E-state index contributed by atoms with van der Waals surface area (Å²) < 4.78 is 11.3. The van der Waals surface area contributed by atoms with Crippen LogP contribution in [0, 0.1) is 0 Å². The smallest absolute Gasteiger partial charge is 0.295 e. The number of nitrogens with zero attached hydrogens (tertiary/aromatic N) is 2. The van der Waals surface area contributed by atoms with Gasteiger partial charge < -0.3 is 24.4 Å². The third kappa shape index (κ3) is 6.31. The molecule has 0 saturated carbocycles. The number of amides is 1. The van der Waals surface area contributed by atoms with Gasteiger partial charge in [-0.3, -0.25) is 9.59 Å². The Morgan fingerprint density at radius 3 is 2.51 bits per heavy atom. The first kappa shape index (κ1) is 26.0. The number of ether oxygens (including phenoxy) is 2. The van der Waals surface area contributed by atoms with Gasteiger partial charge in [-0.1, -0.05) is 43.8 Å². The monoisotopic (exact) mass is 478 g/mol. The third-order valence-electron chi connectivity index (χ3n) is 5.69. The van der Waals surface area contributed by atoms with E-state index in [1.165, 1.54) is 0 Å². The van der Waals surface area contributed by atoms with E-state index in [4.69, 9.17) is 9.47 Å². The number of ketones is 1. The second-order valence-corrected chi connectivity index (χ2v) is 8.69. The zero-order valence-electron chi connectivity index (χ0n) is 20.7. The molecule has 0 aliphatic carbocycles. The van der Waals surface area contributed by atoms with Crippen LogP contribution in [0.2, 0.25) is 0 Å². The summed E-state index contributed by atoms with van der Waals surface area (Å²) in [5, 5.41) is 11.3. The van der Waals surface area contributed by atoms with E-state index in [9.17, 15) is 14.7 Å². The Bertz CT molecular complexity index is 1080. The molecule has 0 aromatic heterocycles. The van der Waals surface area contributed by atoms with Gasteiger partial charge in [0.05, 0.1) is 18.2 Å². The summed E-state index contributed by atoms with van der Waals surface area (Å²) in [5.41, 5.74) is 1.23. The molecule has 1 N–H and O–H groups in total. The zero-order valence-corrected chi connectivity index (χ0v) is 20.7. The van der Waals surface area contributed by atoms with E-state index in [0.717, 1.165) is 18.5 Å². The minimum Gasteiger partial charge on any atom is -0.507 e. The number of aliphatic hydroxyl groups is 1. The van der Waals surface area contributed by atoms with Gasteiger partial charge in [-0.05, 0) is 63.3 Å². The number of benzene rings is 2. The molecule has 1 unspecified atom stereocenters. The lowest BCUT2D eigenvalue weighted by atomic mass is 9.95. The second-order valence-electron chi connectivity index (χ2n) is 8.69. The molecule has 2 aromatic rings. The molecule has 1 amide bonds. The Labute approximate surface area is 207 Å². The molecular weight excluding hydrogens is 444 g/mol. The van der Waals surface area contributed by atoms with Gasteiger partial charge in [0.15, 0.2) is 0 Å². The number of carbonyl (C=O) groups excluding carboxylic acids is 2. The van der Waals surface area contributed by atoms with Gasteiger partial charge in [0, 0.05) is 12.1 Å². The molecule has 0 radical (unpaired) electrons. The summed E-state index contributed by atoms with van der Waals surface area (Å²) in [5.74, 6) is -0.266. The van der Waals surface area contributed by atoms with Crippen molar-refractivity contribution in [2.24, 2.45) is 0 Å². The second kappa shape index (κ2) is 12.2. The number of hydrogen-bond acceptors (Lipinski definition) is 6. The number of Topliss-reactive ketones (excluding diaryl/α,β-unsaturated/α-hetero) is 1. The number of aliphatic hydroxyl groups excluding tert-OH is 1. The van der Waals surface area contributed by atoms with E-state index in [1.54, 1.807) is 47.4 Å². The fourth-order valence-corrected chi connectivity index (χ4v) is 4.02. The van der Waals surface area contributed by atoms with Crippen LogP contribution in [-0.2, 0) is 9.59 Å². The van der Waals surface area contributed by atoms with Crippen LogP contribution in [-0.4, -0.2) is 67.0 Å². The zero-order chi connectivity index (χ0) is 25.4. The standard InChI is InChI=1S/C28H34N2O5/c1-5-17-34-22-13-11-20(12-14-22)25-24(27(32)28(33)30(25)16-8-15-29(3)4)26(31)21-9-7-10-23(19-21)35-18-6-2/h5,7,9-14,19,25,31H,1,6,8,15-18H2,2-4H3. The van der Waals surface area contributed by atoms with Crippen LogP contribution in [0.4, 0.5) is 0 Å². The van der Waals surface area contributed by atoms with Gasteiger partial charge in [-0.25, -0.2) is 0 Å². The maximum atomic E-state index is 13.2. The fourth-order valence-electron chi connectivity index (χ4n) is 4.02. The van der Waals surface area contributed by atoms with Crippen LogP contribution in [0.5, 0.6) is 11.5 Å². The van der Waals surface area contributed by atoms with E-state index in [2.05, 4.69) is 6.58 Å². The summed E-state index contributed by atoms with van der Waals surface area (Å²) in [6.45, 7) is 7.73. The van der Waals surface area contributed by atoms with Gasteiger partial charge in [0.1, 0.15) is 23.9 Å². The normalized spacial score (nSPS) is 17.1. The highest BCUT2D eigenvalue weighted by Crippen LogP contribution is 2.40. The molecule has 35 heavy (non-hydrogen) atoms. The average Bonchev–Trinajstić information content (AvgIpc) is 3.11. The van der Waals surface area contributed by atoms with Crippen molar-refractivity contribution in [1.29, 1.82) is 0 Å². The predicted molar refractivity (Wildman–Crippen MR) is 137 cm³/mol. The average molecular weight is 479 g/mol. The van der Waals surface area contributed by atoms with E-state index in [-0.39, 0.29) is 11.3 Å². The lowest BCUT2D eigenvalue weighted by Gasteiger charge is -2.26. The number of rotatable bonds is 12. The van der Waals surface area contributed by atoms with E-state index < -0.39 is 17.7 Å². The summed E-state index contributed by atoms with van der Waals surface area (Å²) in [6, 6.07) is 13.5. The molecule has 0 bridgehead atoms. The predicted octanol–water partition coefficient (Wildman–Crippen LogP) is 4.41. The van der Waals surface area contributed by atoms with Gasteiger partial charge >= 0.3 is 0 Å². The minimum atomic E-state index is -0.703. The lowest BCUT2D eigenvalue weighted by Crippen LogP contribution is -2.32. The Kier molecular flexibility index (Phi) is 9.09. The largest absolute Gasteiger partial charge is 0.507 e. The van der Waals surface area contributed by atoms with Crippen LogP contribution in [0.25, 0.3) is 5.76 Å².